The Morgan fingerprint density at radius 2 is 1.85 bits per heavy atom. The molecule has 114 valence electrons. The third-order valence-electron chi connectivity index (χ3n) is 3.48. The number of nitrogens with one attached hydrogen (secondary N) is 1. The van der Waals surface area contributed by atoms with Gasteiger partial charge < -0.3 is 5.32 Å². The lowest BCUT2D eigenvalue weighted by Crippen LogP contribution is -2.38. The number of benzene rings is 1. The minimum Gasteiger partial charge on any atom is -0.315 e. The van der Waals surface area contributed by atoms with Gasteiger partial charge in [-0.3, -0.25) is 0 Å². The lowest BCUT2D eigenvalue weighted by Gasteiger charge is -2.23. The Labute approximate surface area is 135 Å². The van der Waals surface area contributed by atoms with Gasteiger partial charge in [-0.1, -0.05) is 23.2 Å². The van der Waals surface area contributed by atoms with Crippen LogP contribution in [0.4, 0.5) is 0 Å². The molecule has 1 atom stereocenters. The van der Waals surface area contributed by atoms with Crippen molar-refractivity contribution in [2.24, 2.45) is 0 Å². The van der Waals surface area contributed by atoms with Gasteiger partial charge in [0, 0.05) is 29.7 Å². The van der Waals surface area contributed by atoms with Crippen LogP contribution in [0.15, 0.2) is 17.0 Å². The molecule has 1 aromatic rings. The summed E-state index contributed by atoms with van der Waals surface area (Å²) in [5.41, 5.74) is 0.687. The molecule has 4 nitrogen and oxygen atoms in total. The van der Waals surface area contributed by atoms with Gasteiger partial charge in [0.05, 0.1) is 4.90 Å². The molecule has 0 amide bonds. The van der Waals surface area contributed by atoms with Crippen LogP contribution in [-0.2, 0) is 10.0 Å². The van der Waals surface area contributed by atoms with Gasteiger partial charge in [0.15, 0.2) is 0 Å². The van der Waals surface area contributed by atoms with E-state index in [-0.39, 0.29) is 23.3 Å². The number of rotatable bonds is 3. The molecule has 8 heteroatoms. The molecular formula is C12H17Cl3N2O2S. The van der Waals surface area contributed by atoms with Gasteiger partial charge in [0.1, 0.15) is 0 Å². The Balaban J connectivity index is 0.00000200. The molecule has 0 bridgehead atoms. The van der Waals surface area contributed by atoms with Gasteiger partial charge >= 0.3 is 0 Å². The molecule has 1 saturated heterocycles. The highest BCUT2D eigenvalue weighted by atomic mass is 35.5. The molecule has 0 aliphatic carbocycles. The smallest absolute Gasteiger partial charge is 0.243 e. The quantitative estimate of drug-likeness (QED) is 0.902. The second-order valence-electron chi connectivity index (χ2n) is 4.68. The van der Waals surface area contributed by atoms with Crippen molar-refractivity contribution in [3.05, 3.63) is 27.7 Å². The number of sulfonamides is 1. The first-order valence-electron chi connectivity index (χ1n) is 5.98. The molecule has 2 rings (SSSR count). The SMILES string of the molecule is Cc1c(Cl)cc(S(=O)(=O)N(C)C2CCNC2)cc1Cl.Cl. The van der Waals surface area contributed by atoms with Crippen molar-refractivity contribution in [1.82, 2.24) is 9.62 Å². The van der Waals surface area contributed by atoms with Crippen molar-refractivity contribution in [2.75, 3.05) is 20.1 Å². The third kappa shape index (κ3) is 3.40. The molecule has 0 saturated carbocycles. The van der Waals surface area contributed by atoms with Crippen LogP contribution in [0.5, 0.6) is 0 Å². The van der Waals surface area contributed by atoms with E-state index in [1.54, 1.807) is 14.0 Å². The Morgan fingerprint density at radius 3 is 2.30 bits per heavy atom. The standard InChI is InChI=1S/C12H16Cl2N2O2S.ClH/c1-8-11(13)5-10(6-12(8)14)19(17,18)16(2)9-3-4-15-7-9;/h5-6,9,15H,3-4,7H2,1-2H3;1H. The van der Waals surface area contributed by atoms with Gasteiger partial charge in [-0.2, -0.15) is 4.31 Å². The lowest BCUT2D eigenvalue weighted by molar-refractivity contribution is 0.388. The maximum Gasteiger partial charge on any atom is 0.243 e. The van der Waals surface area contributed by atoms with Crippen LogP contribution in [0.25, 0.3) is 0 Å². The molecule has 1 aromatic carbocycles. The maximum absolute atomic E-state index is 12.5. The molecule has 0 radical (unpaired) electrons. The second-order valence-corrected chi connectivity index (χ2v) is 7.49. The van der Waals surface area contributed by atoms with E-state index in [1.807, 2.05) is 0 Å². The maximum atomic E-state index is 12.5. The van der Waals surface area contributed by atoms with E-state index in [9.17, 15) is 8.42 Å². The number of hydrogen-bond donors (Lipinski definition) is 1. The average Bonchev–Trinajstić information content (AvgIpc) is 2.87. The summed E-state index contributed by atoms with van der Waals surface area (Å²) in [7, 11) is -1.97. The van der Waals surface area contributed by atoms with E-state index in [0.29, 0.717) is 22.2 Å². The topological polar surface area (TPSA) is 49.4 Å². The summed E-state index contributed by atoms with van der Waals surface area (Å²) >= 11 is 12.0. The summed E-state index contributed by atoms with van der Waals surface area (Å²) in [4.78, 5) is 0.141. The average molecular weight is 360 g/mol. The molecule has 1 aliphatic heterocycles. The molecule has 0 spiro atoms. The van der Waals surface area contributed by atoms with Crippen molar-refractivity contribution >= 4 is 45.6 Å². The van der Waals surface area contributed by atoms with Gasteiger partial charge in [0.25, 0.3) is 0 Å². The predicted molar refractivity (Wildman–Crippen MR) is 84.7 cm³/mol. The molecule has 0 aromatic heterocycles. The molecule has 20 heavy (non-hydrogen) atoms. The van der Waals surface area contributed by atoms with E-state index in [4.69, 9.17) is 23.2 Å². The number of halogens is 3. The van der Waals surface area contributed by atoms with Gasteiger partial charge in [0.2, 0.25) is 10.0 Å². The number of nitrogens with zero attached hydrogens (tertiary/aromatic N) is 1. The Morgan fingerprint density at radius 1 is 1.30 bits per heavy atom. The van der Waals surface area contributed by atoms with Crippen LogP contribution < -0.4 is 5.32 Å². The van der Waals surface area contributed by atoms with Crippen molar-refractivity contribution in [2.45, 2.75) is 24.3 Å². The molecular weight excluding hydrogens is 343 g/mol. The Kier molecular flexibility index (Phi) is 6.14. The van der Waals surface area contributed by atoms with Crippen molar-refractivity contribution in [3.63, 3.8) is 0 Å². The fourth-order valence-corrected chi connectivity index (χ4v) is 4.14. The van der Waals surface area contributed by atoms with Crippen molar-refractivity contribution in [1.29, 1.82) is 0 Å². The van der Waals surface area contributed by atoms with Gasteiger partial charge in [-0.25, -0.2) is 8.42 Å². The third-order valence-corrected chi connectivity index (χ3v) is 6.15. The van der Waals surface area contributed by atoms with Crippen molar-refractivity contribution in [3.8, 4) is 0 Å². The van der Waals surface area contributed by atoms with E-state index >= 15 is 0 Å². The van der Waals surface area contributed by atoms with Crippen LogP contribution in [0, 0.1) is 6.92 Å². The minimum absolute atomic E-state index is 0. The molecule has 1 fully saturated rings. The minimum atomic E-state index is -3.56. The van der Waals surface area contributed by atoms with E-state index < -0.39 is 10.0 Å². The number of likely N-dealkylation sites (N-methyl/N-ethyl adjacent to an activating group) is 1. The summed E-state index contributed by atoms with van der Waals surface area (Å²) in [5, 5.41) is 3.88. The normalized spacial score (nSPS) is 19.1. The van der Waals surface area contributed by atoms with Crippen LogP contribution in [0.1, 0.15) is 12.0 Å². The molecule has 1 unspecified atom stereocenters. The molecule has 1 heterocycles. The summed E-state index contributed by atoms with van der Waals surface area (Å²) in [6.07, 6.45) is 0.809. The Hall–Kier alpha value is -0.0400. The zero-order valence-electron chi connectivity index (χ0n) is 11.2. The molecule has 1 N–H and O–H groups in total. The first-order valence-corrected chi connectivity index (χ1v) is 8.18. The number of hydrogen-bond acceptors (Lipinski definition) is 3. The van der Waals surface area contributed by atoms with E-state index in [0.717, 1.165) is 13.0 Å². The van der Waals surface area contributed by atoms with E-state index in [1.165, 1.54) is 16.4 Å². The van der Waals surface area contributed by atoms with Crippen LogP contribution in [0.3, 0.4) is 0 Å². The first-order chi connectivity index (χ1) is 8.84. The zero-order chi connectivity index (χ0) is 14.2. The van der Waals surface area contributed by atoms with Gasteiger partial charge in [-0.15, -0.1) is 12.4 Å². The predicted octanol–water partition coefficient (Wildman–Crippen LogP) is 2.71. The van der Waals surface area contributed by atoms with Crippen LogP contribution in [0.2, 0.25) is 10.0 Å². The first kappa shape index (κ1) is 18.0. The monoisotopic (exact) mass is 358 g/mol. The zero-order valence-corrected chi connectivity index (χ0v) is 14.3. The lowest BCUT2D eigenvalue weighted by atomic mass is 10.2. The summed E-state index contributed by atoms with van der Waals surface area (Å²) < 4.78 is 26.4. The van der Waals surface area contributed by atoms with Crippen molar-refractivity contribution < 1.29 is 8.42 Å². The largest absolute Gasteiger partial charge is 0.315 e. The second kappa shape index (κ2) is 6.81. The summed E-state index contributed by atoms with van der Waals surface area (Å²) in [5.74, 6) is 0. The highest BCUT2D eigenvalue weighted by Gasteiger charge is 2.30. The highest BCUT2D eigenvalue weighted by Crippen LogP contribution is 2.29. The van der Waals surface area contributed by atoms with Gasteiger partial charge in [-0.05, 0) is 37.6 Å². The van der Waals surface area contributed by atoms with E-state index in [2.05, 4.69) is 5.32 Å². The summed E-state index contributed by atoms with van der Waals surface area (Å²) in [6, 6.07) is 2.89. The highest BCUT2D eigenvalue weighted by molar-refractivity contribution is 7.89. The molecule has 1 aliphatic rings. The fourth-order valence-electron chi connectivity index (χ4n) is 2.08. The van der Waals surface area contributed by atoms with Crippen LogP contribution >= 0.6 is 35.6 Å². The summed E-state index contributed by atoms with van der Waals surface area (Å²) in [6.45, 7) is 3.26. The fraction of sp³-hybridized carbons (Fsp3) is 0.500. The van der Waals surface area contributed by atoms with Crippen LogP contribution in [-0.4, -0.2) is 38.9 Å². The Bertz CT molecular complexity index is 563.